The number of rotatable bonds is 3. The molecule has 17 heavy (non-hydrogen) atoms. The van der Waals surface area contributed by atoms with E-state index >= 15 is 0 Å². The predicted octanol–water partition coefficient (Wildman–Crippen LogP) is 2.95. The fraction of sp³-hybridized carbons (Fsp3) is 0.308. The normalized spacial score (nSPS) is 13.1. The summed E-state index contributed by atoms with van der Waals surface area (Å²) in [6, 6.07) is 6.59. The number of nitrogen functional groups attached to an aromatic ring is 1. The van der Waals surface area contributed by atoms with Crippen LogP contribution < -0.4 is 5.73 Å². The van der Waals surface area contributed by atoms with E-state index in [1.54, 1.807) is 31.2 Å². The van der Waals surface area contributed by atoms with Gasteiger partial charge in [-0.15, -0.1) is 0 Å². The Bertz CT molecular complexity index is 459. The lowest BCUT2D eigenvalue weighted by atomic mass is 10.0. The maximum absolute atomic E-state index is 11.9. The highest BCUT2D eigenvalue weighted by atomic mass is 79.9. The van der Waals surface area contributed by atoms with E-state index in [-0.39, 0.29) is 0 Å². The number of nitrogens with two attached hydrogens (primary N) is 1. The standard InChI is InChI=1S/C13H14BrNO2/c1-3-13(2,8-9-14)17-12(16)10-4-6-11(15)7-5-10/h4-7H,3,15H2,1-2H3. The summed E-state index contributed by atoms with van der Waals surface area (Å²) in [5, 5.41) is 0. The van der Waals surface area contributed by atoms with Crippen molar-refractivity contribution >= 4 is 27.6 Å². The van der Waals surface area contributed by atoms with Crippen molar-refractivity contribution in [3.8, 4) is 10.8 Å². The Hall–Kier alpha value is -1.47. The fourth-order valence-corrected chi connectivity index (χ4v) is 1.59. The van der Waals surface area contributed by atoms with Gasteiger partial charge < -0.3 is 10.5 Å². The SMILES string of the molecule is CCC(C)(C#CBr)OC(=O)c1ccc(N)cc1. The number of hydrogen-bond acceptors (Lipinski definition) is 3. The average Bonchev–Trinajstić information content (AvgIpc) is 2.30. The Kier molecular flexibility index (Phi) is 4.59. The second-order valence-electron chi connectivity index (χ2n) is 3.82. The monoisotopic (exact) mass is 295 g/mol. The van der Waals surface area contributed by atoms with Crippen molar-refractivity contribution in [2.75, 3.05) is 5.73 Å². The van der Waals surface area contributed by atoms with Crippen molar-refractivity contribution in [3.63, 3.8) is 0 Å². The number of hydrogen-bond donors (Lipinski definition) is 1. The first-order chi connectivity index (χ1) is 8.00. The van der Waals surface area contributed by atoms with Crippen LogP contribution >= 0.6 is 15.9 Å². The average molecular weight is 296 g/mol. The minimum atomic E-state index is -0.776. The zero-order valence-electron chi connectivity index (χ0n) is 9.79. The molecule has 1 atom stereocenters. The Labute approximate surface area is 109 Å². The van der Waals surface area contributed by atoms with Gasteiger partial charge in [0.2, 0.25) is 0 Å². The maximum Gasteiger partial charge on any atom is 0.339 e. The molecule has 0 aliphatic heterocycles. The van der Waals surface area contributed by atoms with E-state index in [0.717, 1.165) is 0 Å². The third-order valence-corrected chi connectivity index (χ3v) is 2.65. The van der Waals surface area contributed by atoms with Gasteiger partial charge in [0.1, 0.15) is 0 Å². The van der Waals surface area contributed by atoms with Crippen LogP contribution in [0.15, 0.2) is 24.3 Å². The first-order valence-electron chi connectivity index (χ1n) is 5.22. The van der Waals surface area contributed by atoms with E-state index in [4.69, 9.17) is 10.5 Å². The molecule has 1 aromatic carbocycles. The second kappa shape index (κ2) is 5.74. The summed E-state index contributed by atoms with van der Waals surface area (Å²) >= 11 is 3.01. The molecule has 0 bridgehead atoms. The predicted molar refractivity (Wildman–Crippen MR) is 71.7 cm³/mol. The van der Waals surface area contributed by atoms with Crippen molar-refractivity contribution in [3.05, 3.63) is 29.8 Å². The molecule has 0 saturated heterocycles. The van der Waals surface area contributed by atoms with Crippen LogP contribution in [-0.2, 0) is 4.74 Å². The van der Waals surface area contributed by atoms with Crippen LogP contribution in [0.25, 0.3) is 0 Å². The quantitative estimate of drug-likeness (QED) is 0.530. The number of anilines is 1. The lowest BCUT2D eigenvalue weighted by Crippen LogP contribution is -2.29. The molecule has 90 valence electrons. The Morgan fingerprint density at radius 1 is 1.47 bits per heavy atom. The highest BCUT2D eigenvalue weighted by Gasteiger charge is 2.24. The molecular formula is C13H14BrNO2. The molecule has 0 aliphatic rings. The van der Waals surface area contributed by atoms with Crippen LogP contribution in [0.2, 0.25) is 0 Å². The lowest BCUT2D eigenvalue weighted by molar-refractivity contribution is 0.0132. The molecule has 0 fully saturated rings. The van der Waals surface area contributed by atoms with Gasteiger partial charge in [-0.1, -0.05) is 6.92 Å². The minimum Gasteiger partial charge on any atom is -0.443 e. The molecule has 0 spiro atoms. The molecule has 0 aromatic heterocycles. The number of carbonyl (C=O) groups excluding carboxylic acids is 1. The van der Waals surface area contributed by atoms with Crippen LogP contribution in [0.1, 0.15) is 30.6 Å². The van der Waals surface area contributed by atoms with Crippen LogP contribution in [0.4, 0.5) is 5.69 Å². The molecule has 0 aliphatic carbocycles. The lowest BCUT2D eigenvalue weighted by Gasteiger charge is -2.22. The van der Waals surface area contributed by atoms with Gasteiger partial charge in [-0.2, -0.15) is 0 Å². The van der Waals surface area contributed by atoms with E-state index < -0.39 is 11.6 Å². The molecule has 2 N–H and O–H groups in total. The van der Waals surface area contributed by atoms with Gasteiger partial charge in [-0.3, -0.25) is 0 Å². The topological polar surface area (TPSA) is 52.3 Å². The third kappa shape index (κ3) is 3.79. The van der Waals surface area contributed by atoms with Gasteiger partial charge in [0.05, 0.1) is 5.56 Å². The van der Waals surface area contributed by atoms with E-state index in [9.17, 15) is 4.79 Å². The molecule has 0 amide bonds. The van der Waals surface area contributed by atoms with Crippen LogP contribution in [0, 0.1) is 10.8 Å². The van der Waals surface area contributed by atoms with Crippen LogP contribution in [0.5, 0.6) is 0 Å². The van der Waals surface area contributed by atoms with Crippen molar-refractivity contribution in [2.24, 2.45) is 0 Å². The molecule has 0 saturated carbocycles. The zero-order chi connectivity index (χ0) is 12.9. The molecular weight excluding hydrogens is 282 g/mol. The fourth-order valence-electron chi connectivity index (χ4n) is 1.17. The Balaban J connectivity index is 2.84. The summed E-state index contributed by atoms with van der Waals surface area (Å²) in [7, 11) is 0. The summed E-state index contributed by atoms with van der Waals surface area (Å²) in [5.41, 5.74) is 5.85. The summed E-state index contributed by atoms with van der Waals surface area (Å²) < 4.78 is 5.37. The molecule has 4 heteroatoms. The summed E-state index contributed by atoms with van der Waals surface area (Å²) in [5.74, 6) is 2.42. The highest BCUT2D eigenvalue weighted by molar-refractivity contribution is 9.12. The molecule has 1 unspecified atom stereocenters. The van der Waals surface area contributed by atoms with Crippen LogP contribution in [0.3, 0.4) is 0 Å². The molecule has 0 heterocycles. The van der Waals surface area contributed by atoms with E-state index in [1.807, 2.05) is 6.92 Å². The molecule has 1 aromatic rings. The summed E-state index contributed by atoms with van der Waals surface area (Å²) in [6.45, 7) is 3.68. The summed E-state index contributed by atoms with van der Waals surface area (Å²) in [6.07, 6.45) is 0.617. The van der Waals surface area contributed by atoms with Gasteiger partial charge in [0, 0.05) is 21.6 Å². The van der Waals surface area contributed by atoms with E-state index in [1.165, 1.54) is 0 Å². The molecule has 1 rings (SSSR count). The van der Waals surface area contributed by atoms with Gasteiger partial charge >= 0.3 is 5.97 Å². The first kappa shape index (κ1) is 13.6. The largest absolute Gasteiger partial charge is 0.443 e. The van der Waals surface area contributed by atoms with Crippen molar-refractivity contribution in [1.29, 1.82) is 0 Å². The van der Waals surface area contributed by atoms with Gasteiger partial charge in [0.25, 0.3) is 0 Å². The van der Waals surface area contributed by atoms with Crippen molar-refractivity contribution < 1.29 is 9.53 Å². The van der Waals surface area contributed by atoms with Gasteiger partial charge in [-0.25, -0.2) is 4.79 Å². The van der Waals surface area contributed by atoms with Gasteiger partial charge in [0.15, 0.2) is 5.60 Å². The smallest absolute Gasteiger partial charge is 0.339 e. The summed E-state index contributed by atoms with van der Waals surface area (Å²) in [4.78, 5) is 14.4. The van der Waals surface area contributed by atoms with Crippen molar-refractivity contribution in [1.82, 2.24) is 0 Å². The van der Waals surface area contributed by atoms with Gasteiger partial charge in [-0.05, 0) is 48.4 Å². The van der Waals surface area contributed by atoms with Crippen molar-refractivity contribution in [2.45, 2.75) is 25.9 Å². The number of halogens is 1. The Morgan fingerprint density at radius 2 is 2.06 bits per heavy atom. The third-order valence-electron chi connectivity index (χ3n) is 2.45. The Morgan fingerprint density at radius 3 is 2.53 bits per heavy atom. The number of esters is 1. The maximum atomic E-state index is 11.9. The zero-order valence-corrected chi connectivity index (χ0v) is 11.4. The van der Waals surface area contributed by atoms with E-state index in [0.29, 0.717) is 17.7 Å². The first-order valence-corrected chi connectivity index (χ1v) is 6.02. The highest BCUT2D eigenvalue weighted by Crippen LogP contribution is 2.17. The molecule has 3 nitrogen and oxygen atoms in total. The minimum absolute atomic E-state index is 0.399. The number of benzene rings is 1. The number of ether oxygens (including phenoxy) is 1. The van der Waals surface area contributed by atoms with E-state index in [2.05, 4.69) is 26.7 Å². The second-order valence-corrected chi connectivity index (χ2v) is 4.21. The van der Waals surface area contributed by atoms with Crippen LogP contribution in [-0.4, -0.2) is 11.6 Å². The molecule has 0 radical (unpaired) electrons. The number of carbonyl (C=O) groups is 1.